The lowest BCUT2D eigenvalue weighted by Gasteiger charge is -2.03. The van der Waals surface area contributed by atoms with Gasteiger partial charge in [-0.1, -0.05) is 0 Å². The monoisotopic (exact) mass is 246 g/mol. The molecule has 5 nitrogen and oxygen atoms in total. The lowest BCUT2D eigenvalue weighted by Crippen LogP contribution is -2.26. The fraction of sp³-hybridized carbons (Fsp3) is 0.222. The Bertz CT molecular complexity index is 425. The van der Waals surface area contributed by atoms with Crippen LogP contribution >= 0.6 is 11.6 Å². The second-order valence-electron chi connectivity index (χ2n) is 2.86. The number of carbonyl (C=O) groups is 1. The van der Waals surface area contributed by atoms with Gasteiger partial charge in [-0.3, -0.25) is 14.9 Å². The van der Waals surface area contributed by atoms with E-state index in [4.69, 9.17) is 11.6 Å². The smallest absolute Gasteiger partial charge is 0.282 e. The number of rotatable bonds is 4. The Morgan fingerprint density at radius 1 is 1.56 bits per heavy atom. The molecule has 16 heavy (non-hydrogen) atoms. The van der Waals surface area contributed by atoms with Crippen LogP contribution in [0.15, 0.2) is 18.2 Å². The summed E-state index contributed by atoms with van der Waals surface area (Å²) in [6, 6.07) is 2.70. The van der Waals surface area contributed by atoms with E-state index in [1.54, 1.807) is 0 Å². The summed E-state index contributed by atoms with van der Waals surface area (Å²) in [4.78, 5) is 21.3. The van der Waals surface area contributed by atoms with Crippen LogP contribution in [0.1, 0.15) is 10.4 Å². The molecule has 1 aromatic carbocycles. The van der Waals surface area contributed by atoms with E-state index in [9.17, 15) is 19.3 Å². The Morgan fingerprint density at radius 3 is 2.81 bits per heavy atom. The van der Waals surface area contributed by atoms with Gasteiger partial charge in [-0.05, 0) is 12.1 Å². The number of nitrogens with one attached hydrogen (secondary N) is 1. The Hall–Kier alpha value is -1.69. The first-order chi connectivity index (χ1) is 7.56. The van der Waals surface area contributed by atoms with Gasteiger partial charge >= 0.3 is 0 Å². The van der Waals surface area contributed by atoms with Gasteiger partial charge < -0.3 is 5.32 Å². The largest absolute Gasteiger partial charge is 0.351 e. The maximum atomic E-state index is 12.9. The van der Waals surface area contributed by atoms with Crippen LogP contribution in [-0.2, 0) is 0 Å². The highest BCUT2D eigenvalue weighted by Crippen LogP contribution is 2.19. The Balaban J connectivity index is 3.04. The predicted octanol–water partition coefficient (Wildman–Crippen LogP) is 1.70. The van der Waals surface area contributed by atoms with Crippen LogP contribution in [0.3, 0.4) is 0 Å². The summed E-state index contributed by atoms with van der Waals surface area (Å²) in [7, 11) is 0. The van der Waals surface area contributed by atoms with Gasteiger partial charge in [-0.15, -0.1) is 11.6 Å². The first kappa shape index (κ1) is 12.4. The SMILES string of the molecule is O=C(NCCCl)c1cc(F)ccc1[N+](=O)[O-]. The second-order valence-corrected chi connectivity index (χ2v) is 3.24. The van der Waals surface area contributed by atoms with Crippen LogP contribution in [0.25, 0.3) is 0 Å². The molecule has 7 heteroatoms. The van der Waals surface area contributed by atoms with Gasteiger partial charge in [-0.2, -0.15) is 0 Å². The molecule has 1 N–H and O–H groups in total. The molecule has 0 aliphatic rings. The van der Waals surface area contributed by atoms with Crippen LogP contribution in [0.2, 0.25) is 0 Å². The lowest BCUT2D eigenvalue weighted by atomic mass is 10.1. The van der Waals surface area contributed by atoms with Crippen LogP contribution in [-0.4, -0.2) is 23.3 Å². The Labute approximate surface area is 95.4 Å². The van der Waals surface area contributed by atoms with Crippen LogP contribution in [0, 0.1) is 15.9 Å². The summed E-state index contributed by atoms with van der Waals surface area (Å²) in [5.41, 5.74) is -0.747. The van der Waals surface area contributed by atoms with Gasteiger partial charge in [0.25, 0.3) is 11.6 Å². The third-order valence-corrected chi connectivity index (χ3v) is 1.97. The van der Waals surface area contributed by atoms with Crippen molar-refractivity contribution in [2.75, 3.05) is 12.4 Å². The number of nitro benzene ring substituents is 1. The summed E-state index contributed by atoms with van der Waals surface area (Å²) in [6.45, 7) is 0.161. The highest BCUT2D eigenvalue weighted by Gasteiger charge is 2.20. The van der Waals surface area contributed by atoms with Gasteiger partial charge in [0.05, 0.1) is 4.92 Å². The van der Waals surface area contributed by atoms with E-state index in [0.29, 0.717) is 0 Å². The molecule has 0 radical (unpaired) electrons. The van der Waals surface area contributed by atoms with Crippen molar-refractivity contribution in [3.63, 3.8) is 0 Å². The minimum atomic E-state index is -0.741. The molecule has 0 unspecified atom stereocenters. The molecular formula is C9H8ClFN2O3. The number of hydrogen-bond acceptors (Lipinski definition) is 3. The van der Waals surface area contributed by atoms with Crippen LogP contribution in [0.4, 0.5) is 10.1 Å². The first-order valence-electron chi connectivity index (χ1n) is 4.34. The van der Waals surface area contributed by atoms with Crippen molar-refractivity contribution in [1.82, 2.24) is 5.32 Å². The molecule has 0 fully saturated rings. The first-order valence-corrected chi connectivity index (χ1v) is 4.88. The number of benzene rings is 1. The highest BCUT2D eigenvalue weighted by atomic mass is 35.5. The molecule has 0 bridgehead atoms. The van der Waals surface area contributed by atoms with Gasteiger partial charge in [0, 0.05) is 18.5 Å². The standard InChI is InChI=1S/C9H8ClFN2O3/c10-3-4-12-9(14)7-5-6(11)1-2-8(7)13(15)16/h1-2,5H,3-4H2,(H,12,14). The molecular weight excluding hydrogens is 239 g/mol. The van der Waals surface area contributed by atoms with Crippen molar-refractivity contribution < 1.29 is 14.1 Å². The van der Waals surface area contributed by atoms with Gasteiger partial charge in [-0.25, -0.2) is 4.39 Å². The lowest BCUT2D eigenvalue weighted by molar-refractivity contribution is -0.385. The summed E-state index contributed by atoms with van der Waals surface area (Å²) in [5.74, 6) is -1.25. The molecule has 86 valence electrons. The topological polar surface area (TPSA) is 72.2 Å². The molecule has 1 rings (SSSR count). The Morgan fingerprint density at radius 2 is 2.25 bits per heavy atom. The molecule has 0 saturated carbocycles. The molecule has 0 aliphatic carbocycles. The maximum Gasteiger partial charge on any atom is 0.282 e. The highest BCUT2D eigenvalue weighted by molar-refractivity contribution is 6.18. The van der Waals surface area contributed by atoms with E-state index in [2.05, 4.69) is 5.32 Å². The van der Waals surface area contributed by atoms with Crippen molar-refractivity contribution in [3.05, 3.63) is 39.7 Å². The zero-order valence-electron chi connectivity index (χ0n) is 8.07. The van der Waals surface area contributed by atoms with Crippen molar-refractivity contribution in [2.24, 2.45) is 0 Å². The summed E-state index contributed by atoms with van der Waals surface area (Å²) in [5, 5.41) is 12.9. The molecule has 0 aliphatic heterocycles. The number of carbonyl (C=O) groups excluding carboxylic acids is 1. The van der Waals surface area contributed by atoms with E-state index in [-0.39, 0.29) is 18.0 Å². The Kier molecular flexibility index (Phi) is 4.19. The zero-order chi connectivity index (χ0) is 12.1. The van der Waals surface area contributed by atoms with E-state index in [1.807, 2.05) is 0 Å². The molecule has 0 saturated heterocycles. The van der Waals surface area contributed by atoms with Crippen LogP contribution in [0.5, 0.6) is 0 Å². The minimum Gasteiger partial charge on any atom is -0.351 e. The van der Waals surface area contributed by atoms with E-state index in [0.717, 1.165) is 18.2 Å². The van der Waals surface area contributed by atoms with Crippen LogP contribution < -0.4 is 5.32 Å². The van der Waals surface area contributed by atoms with Crippen molar-refractivity contribution in [3.8, 4) is 0 Å². The van der Waals surface area contributed by atoms with Gasteiger partial charge in [0.2, 0.25) is 0 Å². The van der Waals surface area contributed by atoms with E-state index >= 15 is 0 Å². The number of hydrogen-bond donors (Lipinski definition) is 1. The third-order valence-electron chi connectivity index (χ3n) is 1.78. The van der Waals surface area contributed by atoms with E-state index in [1.165, 1.54) is 0 Å². The number of alkyl halides is 1. The number of amides is 1. The molecule has 1 aromatic rings. The fourth-order valence-electron chi connectivity index (χ4n) is 1.11. The third kappa shape index (κ3) is 2.90. The van der Waals surface area contributed by atoms with Crippen molar-refractivity contribution in [2.45, 2.75) is 0 Å². The normalized spacial score (nSPS) is 9.88. The number of nitrogens with zero attached hydrogens (tertiary/aromatic N) is 1. The molecule has 1 amide bonds. The van der Waals surface area contributed by atoms with Crippen molar-refractivity contribution >= 4 is 23.2 Å². The number of halogens is 2. The predicted molar refractivity (Wildman–Crippen MR) is 56.1 cm³/mol. The molecule has 0 spiro atoms. The fourth-order valence-corrected chi connectivity index (χ4v) is 1.20. The van der Waals surface area contributed by atoms with E-state index < -0.39 is 22.3 Å². The van der Waals surface area contributed by atoms with Gasteiger partial charge in [0.1, 0.15) is 11.4 Å². The second kappa shape index (κ2) is 5.41. The summed E-state index contributed by atoms with van der Waals surface area (Å²) >= 11 is 5.34. The molecule has 0 aromatic heterocycles. The minimum absolute atomic E-state index is 0.161. The molecule has 0 atom stereocenters. The average Bonchev–Trinajstić information content (AvgIpc) is 2.25. The average molecular weight is 247 g/mol. The zero-order valence-corrected chi connectivity index (χ0v) is 8.83. The maximum absolute atomic E-state index is 12.9. The van der Waals surface area contributed by atoms with Gasteiger partial charge in [0.15, 0.2) is 0 Å². The summed E-state index contributed by atoms with van der Waals surface area (Å²) < 4.78 is 12.9. The quantitative estimate of drug-likeness (QED) is 0.499. The number of nitro groups is 1. The van der Waals surface area contributed by atoms with Crippen molar-refractivity contribution in [1.29, 1.82) is 0 Å². The molecule has 0 heterocycles. The summed E-state index contributed by atoms with van der Waals surface area (Å²) in [6.07, 6.45) is 0.